The average molecular weight is 412 g/mol. The van der Waals surface area contributed by atoms with Gasteiger partial charge < -0.3 is 19.7 Å². The van der Waals surface area contributed by atoms with Gasteiger partial charge in [-0.25, -0.2) is 19.6 Å². The molecule has 0 saturated heterocycles. The number of ether oxygens (including phenoxy) is 2. The average Bonchev–Trinajstić information content (AvgIpc) is 3.23. The van der Waals surface area contributed by atoms with E-state index in [4.69, 9.17) is 9.47 Å². The van der Waals surface area contributed by atoms with Gasteiger partial charge in [0.25, 0.3) is 0 Å². The summed E-state index contributed by atoms with van der Waals surface area (Å²) in [7, 11) is 0. The lowest BCUT2D eigenvalue weighted by Crippen LogP contribution is -2.24. The molecule has 2 aromatic rings. The second kappa shape index (κ2) is 6.85. The molecule has 0 aromatic carbocycles. The van der Waals surface area contributed by atoms with Gasteiger partial charge in [-0.3, -0.25) is 0 Å². The Balaban J connectivity index is 1.94. The van der Waals surface area contributed by atoms with Crippen molar-refractivity contribution in [3.05, 3.63) is 57.7 Å². The van der Waals surface area contributed by atoms with Gasteiger partial charge in [-0.05, 0) is 43.9 Å². The Kier molecular flexibility index (Phi) is 4.67. The highest BCUT2D eigenvalue weighted by atomic mass is 16.5. The largest absolute Gasteiger partial charge is 0.477 e. The third-order valence-electron chi connectivity index (χ3n) is 6.49. The van der Waals surface area contributed by atoms with E-state index >= 15 is 0 Å². The lowest BCUT2D eigenvalue weighted by atomic mass is 9.84. The summed E-state index contributed by atoms with van der Waals surface area (Å²) in [6.45, 7) is 7.99. The van der Waals surface area contributed by atoms with E-state index in [1.165, 1.54) is 0 Å². The maximum Gasteiger partial charge on any atom is 0.354 e. The predicted molar refractivity (Wildman–Crippen MR) is 105 cm³/mol. The Hall–Kier alpha value is -2.84. The number of carbonyl (C=O) groups is 2. The molecule has 0 saturated carbocycles. The van der Waals surface area contributed by atoms with Crippen molar-refractivity contribution < 1.29 is 29.3 Å². The molecule has 0 amide bonds. The predicted octanol–water partition coefficient (Wildman–Crippen LogP) is 3.77. The van der Waals surface area contributed by atoms with Crippen molar-refractivity contribution in [1.82, 2.24) is 9.97 Å². The number of hydrogen-bond acceptors (Lipinski definition) is 6. The molecule has 4 rings (SSSR count). The maximum absolute atomic E-state index is 11.7. The summed E-state index contributed by atoms with van der Waals surface area (Å²) < 4.78 is 12.5. The summed E-state index contributed by atoms with van der Waals surface area (Å²) in [5.41, 5.74) is 2.21. The summed E-state index contributed by atoms with van der Waals surface area (Å²) in [6.07, 6.45) is 3.82. The molecular weight excluding hydrogens is 388 g/mol. The van der Waals surface area contributed by atoms with E-state index in [0.717, 1.165) is 22.3 Å². The molecule has 2 aromatic heterocycles. The van der Waals surface area contributed by atoms with Crippen LogP contribution in [0.1, 0.15) is 95.4 Å². The summed E-state index contributed by atoms with van der Waals surface area (Å²) in [5, 5.41) is 19.0. The molecular formula is C22H24N2O6. The van der Waals surface area contributed by atoms with Crippen molar-refractivity contribution in [2.24, 2.45) is 0 Å². The highest BCUT2D eigenvalue weighted by Gasteiger charge is 2.47. The van der Waals surface area contributed by atoms with Crippen LogP contribution in [0.25, 0.3) is 0 Å². The number of carboxylic acid groups (broad SMARTS) is 2. The van der Waals surface area contributed by atoms with Crippen molar-refractivity contribution in [2.75, 3.05) is 0 Å². The van der Waals surface area contributed by atoms with Crippen LogP contribution in [0.2, 0.25) is 0 Å². The number of aromatic nitrogens is 2. The molecule has 2 aliphatic rings. The van der Waals surface area contributed by atoms with E-state index < -0.39 is 29.2 Å². The van der Waals surface area contributed by atoms with Crippen LogP contribution in [0.5, 0.6) is 0 Å². The zero-order valence-electron chi connectivity index (χ0n) is 17.4. The fourth-order valence-electron chi connectivity index (χ4n) is 4.44. The molecule has 30 heavy (non-hydrogen) atoms. The van der Waals surface area contributed by atoms with Gasteiger partial charge >= 0.3 is 11.9 Å². The monoisotopic (exact) mass is 412 g/mol. The van der Waals surface area contributed by atoms with Gasteiger partial charge in [-0.1, -0.05) is 13.8 Å². The van der Waals surface area contributed by atoms with Crippen LogP contribution in [-0.4, -0.2) is 32.1 Å². The van der Waals surface area contributed by atoms with Crippen molar-refractivity contribution in [3.63, 3.8) is 0 Å². The van der Waals surface area contributed by atoms with Gasteiger partial charge in [0.1, 0.15) is 11.8 Å². The fourth-order valence-corrected chi connectivity index (χ4v) is 4.44. The van der Waals surface area contributed by atoms with Gasteiger partial charge in [0.15, 0.2) is 5.69 Å². The maximum atomic E-state index is 11.7. The summed E-state index contributed by atoms with van der Waals surface area (Å²) in [6, 6.07) is 1.57. The molecule has 0 radical (unpaired) electrons. The number of hydrogen-bond donors (Lipinski definition) is 2. The van der Waals surface area contributed by atoms with Crippen LogP contribution < -0.4 is 0 Å². The van der Waals surface area contributed by atoms with Crippen molar-refractivity contribution >= 4 is 11.9 Å². The lowest BCUT2D eigenvalue weighted by molar-refractivity contribution is -0.0549. The second-order valence-corrected chi connectivity index (χ2v) is 8.14. The van der Waals surface area contributed by atoms with Crippen molar-refractivity contribution in [1.29, 1.82) is 0 Å². The number of rotatable bonds is 5. The molecule has 0 bridgehead atoms. The van der Waals surface area contributed by atoms with Gasteiger partial charge in [0, 0.05) is 29.1 Å². The summed E-state index contributed by atoms with van der Waals surface area (Å²) >= 11 is 0. The van der Waals surface area contributed by atoms with Gasteiger partial charge in [-0.15, -0.1) is 0 Å². The molecule has 158 valence electrons. The SMILES string of the molecule is CCC1(C)OC(c2cnc(C(=O)O)c3c2C(C)(CC)OC3)c2cnc(C(=O)O)cc21. The Morgan fingerprint density at radius 1 is 1.07 bits per heavy atom. The van der Waals surface area contributed by atoms with Crippen LogP contribution >= 0.6 is 0 Å². The molecule has 4 heterocycles. The molecule has 8 heteroatoms. The molecule has 2 aliphatic heterocycles. The van der Waals surface area contributed by atoms with E-state index in [0.29, 0.717) is 18.4 Å². The van der Waals surface area contributed by atoms with E-state index in [2.05, 4.69) is 9.97 Å². The quantitative estimate of drug-likeness (QED) is 0.762. The number of aromatic carboxylic acids is 2. The van der Waals surface area contributed by atoms with Gasteiger partial charge in [0.2, 0.25) is 0 Å². The van der Waals surface area contributed by atoms with E-state index in [9.17, 15) is 19.8 Å². The summed E-state index contributed by atoms with van der Waals surface area (Å²) in [4.78, 5) is 31.5. The number of fused-ring (bicyclic) bond motifs is 2. The van der Waals surface area contributed by atoms with Crippen molar-refractivity contribution in [2.45, 2.75) is 64.4 Å². The molecule has 0 fully saturated rings. The number of nitrogens with zero attached hydrogens (tertiary/aromatic N) is 2. The first-order chi connectivity index (χ1) is 14.1. The topological polar surface area (TPSA) is 119 Å². The Labute approximate surface area is 173 Å². The van der Waals surface area contributed by atoms with Crippen LogP contribution in [0.3, 0.4) is 0 Å². The Bertz CT molecular complexity index is 1070. The third-order valence-corrected chi connectivity index (χ3v) is 6.49. The summed E-state index contributed by atoms with van der Waals surface area (Å²) in [5.74, 6) is -2.19. The highest BCUT2D eigenvalue weighted by Crippen LogP contribution is 2.52. The van der Waals surface area contributed by atoms with E-state index in [1.807, 2.05) is 27.7 Å². The zero-order valence-corrected chi connectivity index (χ0v) is 17.4. The minimum Gasteiger partial charge on any atom is -0.477 e. The molecule has 8 nitrogen and oxygen atoms in total. The van der Waals surface area contributed by atoms with Crippen molar-refractivity contribution in [3.8, 4) is 0 Å². The Morgan fingerprint density at radius 2 is 1.73 bits per heavy atom. The molecule has 3 atom stereocenters. The smallest absolute Gasteiger partial charge is 0.354 e. The number of carboxylic acids is 2. The minimum atomic E-state index is -1.10. The lowest BCUT2D eigenvalue weighted by Gasteiger charge is -2.29. The molecule has 0 aliphatic carbocycles. The van der Waals surface area contributed by atoms with Crippen LogP contribution in [0.4, 0.5) is 0 Å². The van der Waals surface area contributed by atoms with E-state index in [-0.39, 0.29) is 18.0 Å². The zero-order chi connectivity index (χ0) is 21.8. The van der Waals surface area contributed by atoms with Gasteiger partial charge in [0.05, 0.1) is 17.8 Å². The Morgan fingerprint density at radius 3 is 2.33 bits per heavy atom. The first-order valence-corrected chi connectivity index (χ1v) is 9.96. The van der Waals surface area contributed by atoms with Gasteiger partial charge in [-0.2, -0.15) is 0 Å². The fraction of sp³-hybridized carbons (Fsp3) is 0.455. The normalized spacial score (nSPS) is 27.0. The first kappa shape index (κ1) is 20.4. The first-order valence-electron chi connectivity index (χ1n) is 9.96. The second-order valence-electron chi connectivity index (χ2n) is 8.14. The minimum absolute atomic E-state index is 0.0123. The number of pyridine rings is 2. The third kappa shape index (κ3) is 2.82. The standard InChI is InChI=1S/C22H24N2O6/c1-5-21(3)14-7-15(19(25)26)23-8-11(14)18(30-21)12-9-24-17(20(27)28)13-10-29-22(4,6-2)16(12)13/h7-9,18H,5-6,10H2,1-4H3,(H,25,26)(H,27,28). The van der Waals surface area contributed by atoms with E-state index in [1.54, 1.807) is 18.5 Å². The molecule has 3 unspecified atom stereocenters. The highest BCUT2D eigenvalue weighted by molar-refractivity contribution is 5.88. The van der Waals surface area contributed by atoms with Crippen LogP contribution in [-0.2, 0) is 27.3 Å². The van der Waals surface area contributed by atoms with Crippen LogP contribution in [0.15, 0.2) is 18.5 Å². The van der Waals surface area contributed by atoms with Crippen LogP contribution in [0, 0.1) is 0 Å². The molecule has 2 N–H and O–H groups in total. The molecule has 0 spiro atoms.